The Kier molecular flexibility index (Phi) is 3.56. The van der Waals surface area contributed by atoms with Gasteiger partial charge in [0, 0.05) is 18.7 Å². The van der Waals surface area contributed by atoms with Crippen LogP contribution >= 0.6 is 0 Å². The fraction of sp³-hybridized carbons (Fsp3) is 0.583. The second-order valence-electron chi connectivity index (χ2n) is 4.64. The molecule has 0 atom stereocenters. The Balaban J connectivity index is 2.16. The predicted octanol–water partition coefficient (Wildman–Crippen LogP) is 2.34. The maximum Gasteiger partial charge on any atom is 0.285 e. The van der Waals surface area contributed by atoms with E-state index in [0.717, 1.165) is 12.8 Å². The van der Waals surface area contributed by atoms with Crippen LogP contribution in [0.3, 0.4) is 0 Å². The van der Waals surface area contributed by atoms with Crippen LogP contribution in [0.4, 0.5) is 5.69 Å². The number of hydrogen-bond acceptors (Lipinski definition) is 3. The van der Waals surface area contributed by atoms with E-state index in [4.69, 9.17) is 0 Å². The molecular weight excluding hydrogens is 220 g/mol. The molecule has 1 saturated carbocycles. The molecule has 0 bridgehead atoms. The van der Waals surface area contributed by atoms with Crippen molar-refractivity contribution in [2.75, 3.05) is 0 Å². The summed E-state index contributed by atoms with van der Waals surface area (Å²) >= 11 is 0. The molecule has 2 rings (SSSR count). The Morgan fingerprint density at radius 2 is 2.00 bits per heavy atom. The number of nitro groups is 1. The third-order valence-corrected chi connectivity index (χ3v) is 3.36. The van der Waals surface area contributed by atoms with Gasteiger partial charge in [-0.2, -0.15) is 0 Å². The molecule has 0 aromatic carbocycles. The normalized spacial score (nSPS) is 16.9. The summed E-state index contributed by atoms with van der Waals surface area (Å²) in [4.78, 5) is 21.8. The van der Waals surface area contributed by atoms with Crippen LogP contribution in [0.15, 0.2) is 23.1 Å². The molecule has 1 fully saturated rings. The van der Waals surface area contributed by atoms with E-state index in [0.29, 0.717) is 12.5 Å². The Labute approximate surface area is 99.2 Å². The molecule has 0 N–H and O–H groups in total. The first-order chi connectivity index (χ1) is 8.16. The highest BCUT2D eigenvalue weighted by molar-refractivity contribution is 5.24. The largest absolute Gasteiger partial charge is 0.309 e. The minimum Gasteiger partial charge on any atom is -0.309 e. The van der Waals surface area contributed by atoms with Gasteiger partial charge in [-0.1, -0.05) is 19.3 Å². The molecule has 5 heteroatoms. The molecule has 1 aromatic heterocycles. The van der Waals surface area contributed by atoms with Gasteiger partial charge in [-0.05, 0) is 18.8 Å². The molecule has 17 heavy (non-hydrogen) atoms. The van der Waals surface area contributed by atoms with Crippen LogP contribution in [0, 0.1) is 16.0 Å². The average Bonchev–Trinajstić information content (AvgIpc) is 2.33. The van der Waals surface area contributed by atoms with Crippen molar-refractivity contribution in [1.29, 1.82) is 0 Å². The monoisotopic (exact) mass is 236 g/mol. The van der Waals surface area contributed by atoms with Gasteiger partial charge in [0.2, 0.25) is 0 Å². The van der Waals surface area contributed by atoms with Gasteiger partial charge in [-0.15, -0.1) is 0 Å². The summed E-state index contributed by atoms with van der Waals surface area (Å²) in [6.07, 6.45) is 7.27. The molecule has 1 aliphatic carbocycles. The van der Waals surface area contributed by atoms with Crippen LogP contribution in [0.25, 0.3) is 0 Å². The second kappa shape index (κ2) is 5.12. The first-order valence-electron chi connectivity index (χ1n) is 6.02. The molecule has 92 valence electrons. The molecule has 0 radical (unpaired) electrons. The summed E-state index contributed by atoms with van der Waals surface area (Å²) in [6.45, 7) is 0.612. The highest BCUT2D eigenvalue weighted by atomic mass is 16.6. The third-order valence-electron chi connectivity index (χ3n) is 3.36. The van der Waals surface area contributed by atoms with Gasteiger partial charge in [-0.25, -0.2) is 0 Å². The number of nitrogens with zero attached hydrogens (tertiary/aromatic N) is 2. The van der Waals surface area contributed by atoms with Crippen molar-refractivity contribution in [2.45, 2.75) is 38.6 Å². The standard InChI is InChI=1S/C12H16N2O3/c15-12-7-6-11(14(16)17)9-13(12)8-10-4-2-1-3-5-10/h6-7,9-10H,1-5,8H2. The van der Waals surface area contributed by atoms with Crippen LogP contribution in [-0.2, 0) is 6.54 Å². The Morgan fingerprint density at radius 1 is 1.29 bits per heavy atom. The van der Waals surface area contributed by atoms with E-state index in [1.54, 1.807) is 0 Å². The van der Waals surface area contributed by atoms with E-state index >= 15 is 0 Å². The summed E-state index contributed by atoms with van der Waals surface area (Å²) < 4.78 is 1.48. The molecule has 5 nitrogen and oxygen atoms in total. The van der Waals surface area contributed by atoms with E-state index in [1.807, 2.05) is 0 Å². The molecule has 1 aromatic rings. The fourth-order valence-electron chi connectivity index (χ4n) is 2.42. The lowest BCUT2D eigenvalue weighted by atomic mass is 9.89. The Bertz CT molecular complexity index is 461. The first kappa shape index (κ1) is 11.8. The quantitative estimate of drug-likeness (QED) is 0.597. The van der Waals surface area contributed by atoms with Crippen LogP contribution < -0.4 is 5.56 Å². The topological polar surface area (TPSA) is 65.1 Å². The Hall–Kier alpha value is -1.65. The van der Waals surface area contributed by atoms with Crippen molar-refractivity contribution in [3.05, 3.63) is 38.8 Å². The third kappa shape index (κ3) is 2.93. The number of rotatable bonds is 3. The zero-order valence-corrected chi connectivity index (χ0v) is 9.67. The van der Waals surface area contributed by atoms with Crippen molar-refractivity contribution >= 4 is 5.69 Å². The minimum atomic E-state index is -0.461. The number of hydrogen-bond donors (Lipinski definition) is 0. The second-order valence-corrected chi connectivity index (χ2v) is 4.64. The van der Waals surface area contributed by atoms with Crippen molar-refractivity contribution in [3.63, 3.8) is 0 Å². The predicted molar refractivity (Wildman–Crippen MR) is 63.9 cm³/mol. The van der Waals surface area contributed by atoms with E-state index in [-0.39, 0.29) is 11.2 Å². The van der Waals surface area contributed by atoms with Gasteiger partial charge in [0.1, 0.15) is 0 Å². The summed E-state index contributed by atoms with van der Waals surface area (Å²) in [5.41, 5.74) is -0.165. The zero-order valence-electron chi connectivity index (χ0n) is 9.67. The SMILES string of the molecule is O=c1ccc([N+](=O)[O-])cn1CC1CCCCC1. The molecule has 0 unspecified atom stereocenters. The fourth-order valence-corrected chi connectivity index (χ4v) is 2.42. The van der Waals surface area contributed by atoms with Gasteiger partial charge in [0.05, 0.1) is 11.1 Å². The summed E-state index contributed by atoms with van der Waals surface area (Å²) in [5, 5.41) is 10.6. The van der Waals surface area contributed by atoms with Crippen molar-refractivity contribution in [1.82, 2.24) is 4.57 Å². The maximum atomic E-state index is 11.6. The number of aromatic nitrogens is 1. The number of pyridine rings is 1. The minimum absolute atomic E-state index is 0.0135. The van der Waals surface area contributed by atoms with Gasteiger partial charge in [0.25, 0.3) is 11.2 Å². The first-order valence-corrected chi connectivity index (χ1v) is 6.02. The molecule has 1 heterocycles. The van der Waals surface area contributed by atoms with Crippen LogP contribution in [-0.4, -0.2) is 9.49 Å². The lowest BCUT2D eigenvalue weighted by Crippen LogP contribution is -2.24. The van der Waals surface area contributed by atoms with Crippen molar-refractivity contribution < 1.29 is 4.92 Å². The van der Waals surface area contributed by atoms with Gasteiger partial charge < -0.3 is 4.57 Å². The molecule has 0 amide bonds. The van der Waals surface area contributed by atoms with Gasteiger partial charge in [-0.3, -0.25) is 14.9 Å². The van der Waals surface area contributed by atoms with Crippen LogP contribution in [0.1, 0.15) is 32.1 Å². The van der Waals surface area contributed by atoms with E-state index < -0.39 is 4.92 Å². The summed E-state index contributed by atoms with van der Waals surface area (Å²) in [6, 6.07) is 2.54. The molecule has 0 saturated heterocycles. The highest BCUT2D eigenvalue weighted by Gasteiger charge is 2.16. The molecule has 0 spiro atoms. The van der Waals surface area contributed by atoms with E-state index in [9.17, 15) is 14.9 Å². The Morgan fingerprint density at radius 3 is 2.65 bits per heavy atom. The summed E-state index contributed by atoms with van der Waals surface area (Å²) in [7, 11) is 0. The molecule has 0 aliphatic heterocycles. The molecular formula is C12H16N2O3. The van der Waals surface area contributed by atoms with Crippen molar-refractivity contribution in [3.8, 4) is 0 Å². The lowest BCUT2D eigenvalue weighted by molar-refractivity contribution is -0.385. The molecule has 1 aliphatic rings. The smallest absolute Gasteiger partial charge is 0.285 e. The van der Waals surface area contributed by atoms with Crippen LogP contribution in [0.5, 0.6) is 0 Å². The van der Waals surface area contributed by atoms with E-state index in [2.05, 4.69) is 0 Å². The van der Waals surface area contributed by atoms with Gasteiger partial charge in [0.15, 0.2) is 0 Å². The lowest BCUT2D eigenvalue weighted by Gasteiger charge is -2.22. The average molecular weight is 236 g/mol. The van der Waals surface area contributed by atoms with E-state index in [1.165, 1.54) is 42.2 Å². The van der Waals surface area contributed by atoms with Crippen LogP contribution in [0.2, 0.25) is 0 Å². The zero-order chi connectivity index (χ0) is 12.3. The maximum absolute atomic E-state index is 11.6. The van der Waals surface area contributed by atoms with Crippen molar-refractivity contribution in [2.24, 2.45) is 5.92 Å². The highest BCUT2D eigenvalue weighted by Crippen LogP contribution is 2.24. The summed E-state index contributed by atoms with van der Waals surface area (Å²) in [5.74, 6) is 0.489. The van der Waals surface area contributed by atoms with Gasteiger partial charge >= 0.3 is 0 Å².